The fourth-order valence-corrected chi connectivity index (χ4v) is 4.98. The number of hydrogen-bond donors (Lipinski definition) is 4. The summed E-state index contributed by atoms with van der Waals surface area (Å²) in [5, 5.41) is 18.2. The van der Waals surface area contributed by atoms with E-state index in [0.29, 0.717) is 34.2 Å². The van der Waals surface area contributed by atoms with Gasteiger partial charge in [-0.05, 0) is 88.6 Å². The van der Waals surface area contributed by atoms with Crippen LogP contribution >= 0.6 is 27.7 Å². The number of nitrogens with zero attached hydrogens (tertiary/aromatic N) is 4. The monoisotopic (exact) mass is 629 g/mol. The van der Waals surface area contributed by atoms with Crippen LogP contribution in [0.5, 0.6) is 0 Å². The van der Waals surface area contributed by atoms with E-state index in [4.69, 9.17) is 5.11 Å². The van der Waals surface area contributed by atoms with E-state index in [-0.39, 0.29) is 11.8 Å². The molecule has 12 heteroatoms. The fraction of sp³-hybridized carbons (Fsp3) is 0.103. The van der Waals surface area contributed by atoms with Crippen LogP contribution in [0.1, 0.15) is 35.8 Å². The third-order valence-electron chi connectivity index (χ3n) is 5.91. The number of pyridine rings is 2. The van der Waals surface area contributed by atoms with E-state index in [9.17, 15) is 9.59 Å². The third kappa shape index (κ3) is 6.97. The van der Waals surface area contributed by atoms with Crippen LogP contribution in [-0.2, 0) is 0 Å². The number of aromatic nitrogens is 4. The van der Waals surface area contributed by atoms with Crippen molar-refractivity contribution in [3.05, 3.63) is 95.0 Å². The highest BCUT2D eigenvalue weighted by atomic mass is 79.9. The molecule has 5 rings (SSSR count). The molecule has 2 aromatic carbocycles. The minimum Gasteiger partial charge on any atom is -0.465 e. The first-order valence-electron chi connectivity index (χ1n) is 12.5. The van der Waals surface area contributed by atoms with Crippen molar-refractivity contribution in [3.63, 3.8) is 0 Å². The molecule has 0 unspecified atom stereocenters. The second-order valence-electron chi connectivity index (χ2n) is 9.19. The van der Waals surface area contributed by atoms with Crippen molar-refractivity contribution in [2.24, 2.45) is 0 Å². The summed E-state index contributed by atoms with van der Waals surface area (Å²) in [6.45, 7) is 4.14. The molecule has 0 fully saturated rings. The maximum absolute atomic E-state index is 13.1. The van der Waals surface area contributed by atoms with Crippen molar-refractivity contribution in [1.82, 2.24) is 19.9 Å². The zero-order valence-corrected chi connectivity index (χ0v) is 24.3. The van der Waals surface area contributed by atoms with Crippen molar-refractivity contribution in [1.29, 1.82) is 0 Å². The van der Waals surface area contributed by atoms with Gasteiger partial charge in [-0.25, -0.2) is 24.7 Å². The Morgan fingerprint density at radius 1 is 0.927 bits per heavy atom. The van der Waals surface area contributed by atoms with Gasteiger partial charge < -0.3 is 15.7 Å². The second-order valence-corrected chi connectivity index (χ2v) is 11.2. The zero-order chi connectivity index (χ0) is 28.9. The summed E-state index contributed by atoms with van der Waals surface area (Å²) < 4.78 is 0.808. The van der Waals surface area contributed by atoms with Gasteiger partial charge in [0, 0.05) is 37.4 Å². The van der Waals surface area contributed by atoms with Gasteiger partial charge in [0.1, 0.15) is 18.0 Å². The van der Waals surface area contributed by atoms with Gasteiger partial charge in [-0.1, -0.05) is 25.6 Å². The smallest absolute Gasteiger partial charge is 0.409 e. The lowest BCUT2D eigenvalue weighted by Gasteiger charge is -2.15. The van der Waals surface area contributed by atoms with Crippen LogP contribution in [0.25, 0.3) is 11.0 Å². The van der Waals surface area contributed by atoms with Crippen LogP contribution in [0, 0.1) is 0 Å². The topological polar surface area (TPSA) is 142 Å². The normalized spacial score (nSPS) is 10.9. The first-order valence-corrected chi connectivity index (χ1v) is 14.1. The first-order chi connectivity index (χ1) is 19.7. The van der Waals surface area contributed by atoms with Gasteiger partial charge in [-0.2, -0.15) is 0 Å². The maximum atomic E-state index is 13.1. The van der Waals surface area contributed by atoms with Crippen LogP contribution in [0.2, 0.25) is 0 Å². The summed E-state index contributed by atoms with van der Waals surface area (Å²) in [6.07, 6.45) is 1.94. The van der Waals surface area contributed by atoms with Crippen LogP contribution in [0.15, 0.2) is 93.5 Å². The molecule has 5 aromatic rings. The van der Waals surface area contributed by atoms with Gasteiger partial charge in [-0.15, -0.1) is 0 Å². The van der Waals surface area contributed by atoms with E-state index < -0.39 is 6.09 Å². The number of nitrogens with one attached hydrogen (secondary N) is 3. The Kier molecular flexibility index (Phi) is 8.41. The van der Waals surface area contributed by atoms with Gasteiger partial charge in [0.15, 0.2) is 5.65 Å². The largest absolute Gasteiger partial charge is 0.465 e. The molecule has 0 aliphatic carbocycles. The molecule has 3 aromatic heterocycles. The number of amides is 2. The lowest BCUT2D eigenvalue weighted by Crippen LogP contribution is -2.13. The Bertz CT molecular complexity index is 1730. The molecule has 206 valence electrons. The molecule has 0 radical (unpaired) electrons. The lowest BCUT2D eigenvalue weighted by atomic mass is 10.1. The second kappa shape index (κ2) is 12.3. The third-order valence-corrected chi connectivity index (χ3v) is 7.46. The van der Waals surface area contributed by atoms with Gasteiger partial charge in [-0.3, -0.25) is 10.1 Å². The summed E-state index contributed by atoms with van der Waals surface area (Å²) in [6, 6.07) is 19.7. The number of hydrogen-bond acceptors (Lipinski definition) is 8. The summed E-state index contributed by atoms with van der Waals surface area (Å²) in [4.78, 5) is 43.5. The summed E-state index contributed by atoms with van der Waals surface area (Å²) in [5.74, 6) is 0.906. The average molecular weight is 631 g/mol. The van der Waals surface area contributed by atoms with Crippen molar-refractivity contribution >= 4 is 73.7 Å². The van der Waals surface area contributed by atoms with E-state index in [2.05, 4.69) is 65.7 Å². The predicted octanol–water partition coefficient (Wildman–Crippen LogP) is 7.54. The number of fused-ring (bicyclic) bond motifs is 1. The van der Waals surface area contributed by atoms with Crippen molar-refractivity contribution in [2.75, 3.05) is 16.0 Å². The van der Waals surface area contributed by atoms with Crippen LogP contribution in [0.4, 0.5) is 27.8 Å². The highest BCUT2D eigenvalue weighted by Gasteiger charge is 2.15. The van der Waals surface area contributed by atoms with Crippen molar-refractivity contribution in [3.8, 4) is 0 Å². The van der Waals surface area contributed by atoms with E-state index >= 15 is 0 Å². The molecular weight excluding hydrogens is 606 g/mol. The molecule has 3 heterocycles. The molecule has 0 aliphatic rings. The molecule has 0 aliphatic heterocycles. The first kappa shape index (κ1) is 28.0. The standard InChI is InChI=1S/C29H24BrN7O3S/c1-16(2)22-10-9-21-26(35-22)32-15-33-27(21)36-23-13-17(28(38)37-25-12-4-18(30)14-31-25)3-11-24(23)41-20-7-5-19(6-8-20)34-29(39)40/h3-16,34H,1-2H3,(H,39,40)(H,31,37,38)(H,32,33,35,36). The Hall–Kier alpha value is -4.55. The highest BCUT2D eigenvalue weighted by Crippen LogP contribution is 2.37. The molecule has 0 spiro atoms. The van der Waals surface area contributed by atoms with E-state index in [1.807, 2.05) is 30.3 Å². The summed E-state index contributed by atoms with van der Waals surface area (Å²) >= 11 is 4.80. The minimum absolute atomic E-state index is 0.251. The minimum atomic E-state index is -1.13. The van der Waals surface area contributed by atoms with Crippen LogP contribution in [0.3, 0.4) is 0 Å². The van der Waals surface area contributed by atoms with Crippen molar-refractivity contribution < 1.29 is 14.7 Å². The number of halogens is 1. The van der Waals surface area contributed by atoms with Crippen LogP contribution in [-0.4, -0.2) is 37.0 Å². The number of carboxylic acid groups (broad SMARTS) is 1. The van der Waals surface area contributed by atoms with E-state index in [1.54, 1.807) is 42.6 Å². The molecule has 4 N–H and O–H groups in total. The molecular formula is C29H24BrN7O3S. The fourth-order valence-electron chi connectivity index (χ4n) is 3.86. The summed E-state index contributed by atoms with van der Waals surface area (Å²) in [7, 11) is 0. The number of benzene rings is 2. The van der Waals surface area contributed by atoms with Gasteiger partial charge in [0.2, 0.25) is 0 Å². The van der Waals surface area contributed by atoms with Gasteiger partial charge >= 0.3 is 6.09 Å². The Labute approximate surface area is 248 Å². The molecule has 0 bridgehead atoms. The van der Waals surface area contributed by atoms with Gasteiger partial charge in [0.25, 0.3) is 5.91 Å². The van der Waals surface area contributed by atoms with E-state index in [0.717, 1.165) is 25.3 Å². The molecule has 41 heavy (non-hydrogen) atoms. The highest BCUT2D eigenvalue weighted by molar-refractivity contribution is 9.10. The quantitative estimate of drug-likeness (QED) is 0.137. The lowest BCUT2D eigenvalue weighted by molar-refractivity contribution is 0.102. The number of rotatable bonds is 8. The molecule has 10 nitrogen and oxygen atoms in total. The van der Waals surface area contributed by atoms with Gasteiger partial charge in [0.05, 0.1) is 11.1 Å². The van der Waals surface area contributed by atoms with Crippen LogP contribution < -0.4 is 16.0 Å². The Morgan fingerprint density at radius 3 is 2.44 bits per heavy atom. The van der Waals surface area contributed by atoms with E-state index in [1.165, 1.54) is 18.1 Å². The predicted molar refractivity (Wildman–Crippen MR) is 163 cm³/mol. The number of carbonyl (C=O) groups is 2. The molecule has 0 saturated carbocycles. The molecule has 0 atom stereocenters. The zero-order valence-electron chi connectivity index (χ0n) is 21.9. The Balaban J connectivity index is 1.49. The SMILES string of the molecule is CC(C)c1ccc2c(Nc3cc(C(=O)Nc4ccc(Br)cn4)ccc3Sc3ccc(NC(=O)O)cc3)ncnc2n1. The average Bonchev–Trinajstić information content (AvgIpc) is 2.95. The summed E-state index contributed by atoms with van der Waals surface area (Å²) in [5.41, 5.74) is 3.03. The Morgan fingerprint density at radius 2 is 1.73 bits per heavy atom. The maximum Gasteiger partial charge on any atom is 0.409 e. The number of anilines is 4. The molecule has 0 saturated heterocycles. The molecule has 2 amide bonds. The number of carbonyl (C=O) groups excluding carboxylic acids is 1. The van der Waals surface area contributed by atoms with Crippen molar-refractivity contribution in [2.45, 2.75) is 29.6 Å².